The molecule has 0 aliphatic carbocycles. The summed E-state index contributed by atoms with van der Waals surface area (Å²) in [6.07, 6.45) is 1.55. The molecule has 0 spiro atoms. The zero-order valence-electron chi connectivity index (χ0n) is 11.2. The predicted molar refractivity (Wildman–Crippen MR) is 78.8 cm³/mol. The van der Waals surface area contributed by atoms with Crippen LogP contribution in [0.25, 0.3) is 11.1 Å². The Hall–Kier alpha value is -2.55. The molecule has 0 atom stereocenters. The fourth-order valence-corrected chi connectivity index (χ4v) is 1.72. The Balaban J connectivity index is 1.99. The van der Waals surface area contributed by atoms with Crippen molar-refractivity contribution in [2.45, 2.75) is 6.92 Å². The summed E-state index contributed by atoms with van der Waals surface area (Å²) in [5.41, 5.74) is 2.56. The molecule has 2 rings (SSSR count). The molecule has 0 bridgehead atoms. The van der Waals surface area contributed by atoms with Gasteiger partial charge in [-0.15, -0.1) is 0 Å². The van der Waals surface area contributed by atoms with Crippen molar-refractivity contribution >= 4 is 5.97 Å². The Morgan fingerprint density at radius 2 is 1.65 bits per heavy atom. The lowest BCUT2D eigenvalue weighted by Crippen LogP contribution is -2.00. The molecule has 0 unspecified atom stereocenters. The van der Waals surface area contributed by atoms with E-state index in [4.69, 9.17) is 9.84 Å². The van der Waals surface area contributed by atoms with Crippen LogP contribution in [0.1, 0.15) is 6.92 Å². The largest absolute Gasteiger partial charge is 0.490 e. The Kier molecular flexibility index (Phi) is 4.56. The first kappa shape index (κ1) is 13.9. The van der Waals surface area contributed by atoms with Crippen molar-refractivity contribution in [1.82, 2.24) is 0 Å². The van der Waals surface area contributed by atoms with Gasteiger partial charge in [0.1, 0.15) is 12.4 Å². The summed E-state index contributed by atoms with van der Waals surface area (Å²) in [4.78, 5) is 10.6. The number of benzene rings is 2. The third kappa shape index (κ3) is 3.72. The van der Waals surface area contributed by atoms with E-state index in [0.29, 0.717) is 0 Å². The van der Waals surface area contributed by atoms with Gasteiger partial charge in [0.05, 0.1) is 0 Å². The molecule has 20 heavy (non-hydrogen) atoms. The normalized spacial score (nSPS) is 11.2. The van der Waals surface area contributed by atoms with Crippen molar-refractivity contribution in [2.75, 3.05) is 6.61 Å². The quantitative estimate of drug-likeness (QED) is 0.840. The Morgan fingerprint density at radius 3 is 2.25 bits per heavy atom. The Morgan fingerprint density at radius 1 is 1.05 bits per heavy atom. The highest BCUT2D eigenvalue weighted by Gasteiger charge is 2.00. The summed E-state index contributed by atoms with van der Waals surface area (Å²) in [5.74, 6) is -0.202. The van der Waals surface area contributed by atoms with Gasteiger partial charge >= 0.3 is 5.97 Å². The number of ether oxygens (including phenoxy) is 1. The molecular formula is C17H16O3. The molecule has 102 valence electrons. The molecular weight excluding hydrogens is 252 g/mol. The lowest BCUT2D eigenvalue weighted by molar-refractivity contribution is -0.132. The number of aliphatic carboxylic acids is 1. The van der Waals surface area contributed by atoms with E-state index >= 15 is 0 Å². The molecule has 0 saturated carbocycles. The summed E-state index contributed by atoms with van der Waals surface area (Å²) in [6, 6.07) is 17.8. The van der Waals surface area contributed by atoms with Crippen LogP contribution >= 0.6 is 0 Å². The van der Waals surface area contributed by atoms with Crippen LogP contribution < -0.4 is 4.74 Å². The minimum absolute atomic E-state index is 0.253. The van der Waals surface area contributed by atoms with Crippen LogP contribution in [0.4, 0.5) is 0 Å². The second-order valence-electron chi connectivity index (χ2n) is 4.39. The van der Waals surface area contributed by atoms with Gasteiger partial charge in [0.15, 0.2) is 0 Å². The molecule has 0 heterocycles. The minimum atomic E-state index is -0.923. The lowest BCUT2D eigenvalue weighted by Gasteiger charge is -2.05. The van der Waals surface area contributed by atoms with Crippen LogP contribution in [0, 0.1) is 0 Å². The van der Waals surface area contributed by atoms with E-state index in [1.54, 1.807) is 13.0 Å². The van der Waals surface area contributed by atoms with Gasteiger partial charge in [0, 0.05) is 5.57 Å². The first-order valence-corrected chi connectivity index (χ1v) is 6.35. The standard InChI is InChI=1S/C17H16O3/c1-13(17(18)19)11-12-20-16-9-7-15(8-10-16)14-5-3-2-4-6-14/h2-11H,12H2,1H3,(H,18,19). The number of hydrogen-bond acceptors (Lipinski definition) is 2. The van der Waals surface area contributed by atoms with E-state index in [9.17, 15) is 4.79 Å². The van der Waals surface area contributed by atoms with Gasteiger partial charge < -0.3 is 9.84 Å². The van der Waals surface area contributed by atoms with E-state index < -0.39 is 5.97 Å². The highest BCUT2D eigenvalue weighted by atomic mass is 16.5. The van der Waals surface area contributed by atoms with Crippen LogP contribution in [0.5, 0.6) is 5.75 Å². The van der Waals surface area contributed by atoms with Crippen molar-refractivity contribution in [3.63, 3.8) is 0 Å². The summed E-state index contributed by atoms with van der Waals surface area (Å²) in [7, 11) is 0. The molecule has 0 aliphatic heterocycles. The number of rotatable bonds is 5. The van der Waals surface area contributed by atoms with Gasteiger partial charge in [0.2, 0.25) is 0 Å². The van der Waals surface area contributed by atoms with Gasteiger partial charge in [-0.2, -0.15) is 0 Å². The van der Waals surface area contributed by atoms with Crippen LogP contribution in [0.3, 0.4) is 0 Å². The van der Waals surface area contributed by atoms with Gasteiger partial charge in [-0.1, -0.05) is 42.5 Å². The molecule has 3 heteroatoms. The van der Waals surface area contributed by atoms with Gasteiger partial charge in [-0.05, 0) is 36.3 Å². The molecule has 0 aromatic heterocycles. The van der Waals surface area contributed by atoms with Crippen LogP contribution in [-0.2, 0) is 4.79 Å². The van der Waals surface area contributed by atoms with E-state index in [-0.39, 0.29) is 12.2 Å². The maximum atomic E-state index is 10.6. The maximum Gasteiger partial charge on any atom is 0.331 e. The van der Waals surface area contributed by atoms with Gasteiger partial charge in [-0.25, -0.2) is 4.79 Å². The number of carbonyl (C=O) groups is 1. The van der Waals surface area contributed by atoms with E-state index in [1.807, 2.05) is 42.5 Å². The number of carboxylic acids is 1. The summed E-state index contributed by atoms with van der Waals surface area (Å²) >= 11 is 0. The van der Waals surface area contributed by atoms with E-state index in [2.05, 4.69) is 12.1 Å². The number of hydrogen-bond donors (Lipinski definition) is 1. The first-order valence-electron chi connectivity index (χ1n) is 6.35. The molecule has 2 aromatic carbocycles. The first-order chi connectivity index (χ1) is 9.66. The average molecular weight is 268 g/mol. The third-order valence-corrected chi connectivity index (χ3v) is 2.94. The monoisotopic (exact) mass is 268 g/mol. The highest BCUT2D eigenvalue weighted by Crippen LogP contribution is 2.21. The minimum Gasteiger partial charge on any atom is -0.490 e. The van der Waals surface area contributed by atoms with Crippen molar-refractivity contribution < 1.29 is 14.6 Å². The average Bonchev–Trinajstić information content (AvgIpc) is 2.48. The topological polar surface area (TPSA) is 46.5 Å². The van der Waals surface area contributed by atoms with Crippen molar-refractivity contribution in [2.24, 2.45) is 0 Å². The fourth-order valence-electron chi connectivity index (χ4n) is 1.72. The molecule has 1 N–H and O–H groups in total. The Bertz CT molecular complexity index is 598. The summed E-state index contributed by atoms with van der Waals surface area (Å²) < 4.78 is 5.48. The van der Waals surface area contributed by atoms with Crippen molar-refractivity contribution in [3.8, 4) is 16.9 Å². The summed E-state index contributed by atoms with van der Waals surface area (Å²) in [6.45, 7) is 1.80. The SMILES string of the molecule is CC(=CCOc1ccc(-c2ccccc2)cc1)C(=O)O. The molecule has 2 aromatic rings. The van der Waals surface area contributed by atoms with E-state index in [0.717, 1.165) is 16.9 Å². The predicted octanol–water partition coefficient (Wildman–Crippen LogP) is 3.76. The fraction of sp³-hybridized carbons (Fsp3) is 0.118. The second kappa shape index (κ2) is 6.57. The van der Waals surface area contributed by atoms with E-state index in [1.165, 1.54) is 0 Å². The van der Waals surface area contributed by atoms with Crippen LogP contribution in [-0.4, -0.2) is 17.7 Å². The van der Waals surface area contributed by atoms with Crippen LogP contribution in [0.2, 0.25) is 0 Å². The zero-order chi connectivity index (χ0) is 14.4. The highest BCUT2D eigenvalue weighted by molar-refractivity contribution is 5.85. The van der Waals surface area contributed by atoms with Gasteiger partial charge in [-0.3, -0.25) is 0 Å². The summed E-state index contributed by atoms with van der Waals surface area (Å²) in [5, 5.41) is 8.72. The molecule has 0 radical (unpaired) electrons. The zero-order valence-corrected chi connectivity index (χ0v) is 11.2. The third-order valence-electron chi connectivity index (χ3n) is 2.94. The molecule has 0 aliphatic rings. The lowest BCUT2D eigenvalue weighted by atomic mass is 10.1. The molecule has 0 amide bonds. The van der Waals surface area contributed by atoms with Crippen molar-refractivity contribution in [3.05, 3.63) is 66.2 Å². The second-order valence-corrected chi connectivity index (χ2v) is 4.39. The maximum absolute atomic E-state index is 10.6. The van der Waals surface area contributed by atoms with Crippen LogP contribution in [0.15, 0.2) is 66.2 Å². The molecule has 3 nitrogen and oxygen atoms in total. The van der Waals surface area contributed by atoms with Gasteiger partial charge in [0.25, 0.3) is 0 Å². The molecule has 0 fully saturated rings. The van der Waals surface area contributed by atoms with Crippen molar-refractivity contribution in [1.29, 1.82) is 0 Å². The Labute approximate surface area is 118 Å². The number of carboxylic acid groups (broad SMARTS) is 1. The molecule has 0 saturated heterocycles. The smallest absolute Gasteiger partial charge is 0.331 e.